The normalized spacial score (nSPS) is 34.3. The van der Waals surface area contributed by atoms with E-state index in [1.807, 2.05) is 0 Å². The maximum absolute atomic E-state index is 11.1. The van der Waals surface area contributed by atoms with E-state index in [0.29, 0.717) is 12.1 Å². The van der Waals surface area contributed by atoms with E-state index in [9.17, 15) is 9.59 Å². The predicted octanol–water partition coefficient (Wildman–Crippen LogP) is 2.38. The summed E-state index contributed by atoms with van der Waals surface area (Å²) in [6.07, 6.45) is 9.54. The Bertz CT molecular complexity index is 306. The van der Waals surface area contributed by atoms with Crippen molar-refractivity contribution in [3.63, 3.8) is 0 Å². The zero-order valence-electron chi connectivity index (χ0n) is 12.8. The number of nitrogens with one attached hydrogen (secondary N) is 2. The average Bonchev–Trinajstić information content (AvgIpc) is 2.39. The van der Waals surface area contributed by atoms with Crippen LogP contribution < -0.4 is 10.6 Å². The molecule has 2 aliphatic carbocycles. The van der Waals surface area contributed by atoms with Gasteiger partial charge in [0.25, 0.3) is 0 Å². The summed E-state index contributed by atoms with van der Waals surface area (Å²) in [7, 11) is 0. The van der Waals surface area contributed by atoms with Crippen LogP contribution in [0.15, 0.2) is 0 Å². The third-order valence-electron chi connectivity index (χ3n) is 5.03. The van der Waals surface area contributed by atoms with Crippen molar-refractivity contribution in [1.29, 1.82) is 0 Å². The lowest BCUT2D eigenvalue weighted by Gasteiger charge is -2.38. The van der Waals surface area contributed by atoms with Crippen LogP contribution in [-0.4, -0.2) is 23.9 Å². The van der Waals surface area contributed by atoms with E-state index in [1.54, 1.807) is 13.8 Å². The summed E-state index contributed by atoms with van der Waals surface area (Å²) in [5.41, 5.74) is 0. The zero-order valence-corrected chi connectivity index (χ0v) is 12.8. The van der Waals surface area contributed by atoms with Gasteiger partial charge in [-0.15, -0.1) is 0 Å². The quantitative estimate of drug-likeness (QED) is 0.834. The Labute approximate surface area is 122 Å². The van der Waals surface area contributed by atoms with E-state index in [0.717, 1.165) is 37.5 Å². The van der Waals surface area contributed by atoms with Crippen LogP contribution in [-0.2, 0) is 9.59 Å². The second-order valence-electron chi connectivity index (χ2n) is 6.62. The standard InChI is InChI=1S/C16H28N2O2/c1-11(19)17-15-7-3-13(4-8-15)14-5-9-16(10-6-14)18-12(2)20/h13-16H,3-10H2,1-2H3,(H,17,19)(H,18,20). The molecule has 0 spiro atoms. The number of carbonyl (C=O) groups excluding carboxylic acids is 2. The number of hydrogen-bond acceptors (Lipinski definition) is 2. The van der Waals surface area contributed by atoms with Crippen molar-refractivity contribution >= 4 is 11.8 Å². The second kappa shape index (κ2) is 7.09. The van der Waals surface area contributed by atoms with Gasteiger partial charge in [0.05, 0.1) is 0 Å². The van der Waals surface area contributed by atoms with Crippen molar-refractivity contribution < 1.29 is 9.59 Å². The van der Waals surface area contributed by atoms with Crippen LogP contribution in [0.2, 0.25) is 0 Å². The smallest absolute Gasteiger partial charge is 0.217 e. The summed E-state index contributed by atoms with van der Waals surface area (Å²) < 4.78 is 0. The second-order valence-corrected chi connectivity index (χ2v) is 6.62. The van der Waals surface area contributed by atoms with Gasteiger partial charge in [-0.05, 0) is 63.2 Å². The lowest BCUT2D eigenvalue weighted by molar-refractivity contribution is -0.121. The van der Waals surface area contributed by atoms with Crippen molar-refractivity contribution in [2.45, 2.75) is 77.3 Å². The summed E-state index contributed by atoms with van der Waals surface area (Å²) in [6, 6.07) is 0.805. The fraction of sp³-hybridized carbons (Fsp3) is 0.875. The SMILES string of the molecule is CC(=O)NC1CCC(C2CCC(NC(C)=O)CC2)CC1. The Balaban J connectivity index is 1.70. The molecule has 4 heteroatoms. The Morgan fingerprint density at radius 2 is 0.950 bits per heavy atom. The molecule has 0 atom stereocenters. The van der Waals surface area contributed by atoms with Crippen LogP contribution in [0.25, 0.3) is 0 Å². The molecule has 2 N–H and O–H groups in total. The molecule has 4 nitrogen and oxygen atoms in total. The van der Waals surface area contributed by atoms with Crippen molar-refractivity contribution in [2.75, 3.05) is 0 Å². The molecule has 2 fully saturated rings. The molecule has 0 bridgehead atoms. The minimum Gasteiger partial charge on any atom is -0.354 e. The van der Waals surface area contributed by atoms with Gasteiger partial charge in [0.15, 0.2) is 0 Å². The first-order valence-corrected chi connectivity index (χ1v) is 8.08. The summed E-state index contributed by atoms with van der Waals surface area (Å²) >= 11 is 0. The molecule has 2 aliphatic rings. The molecule has 20 heavy (non-hydrogen) atoms. The van der Waals surface area contributed by atoms with Crippen LogP contribution >= 0.6 is 0 Å². The number of rotatable bonds is 3. The van der Waals surface area contributed by atoms with Crippen LogP contribution in [0.5, 0.6) is 0 Å². The molecule has 2 saturated carbocycles. The molecule has 0 unspecified atom stereocenters. The predicted molar refractivity (Wildman–Crippen MR) is 79.1 cm³/mol. The monoisotopic (exact) mass is 280 g/mol. The van der Waals surface area contributed by atoms with Gasteiger partial charge in [0, 0.05) is 25.9 Å². The van der Waals surface area contributed by atoms with E-state index in [2.05, 4.69) is 10.6 Å². The summed E-state index contributed by atoms with van der Waals surface area (Å²) in [5, 5.41) is 6.09. The van der Waals surface area contributed by atoms with Gasteiger partial charge >= 0.3 is 0 Å². The van der Waals surface area contributed by atoms with Crippen molar-refractivity contribution in [2.24, 2.45) is 11.8 Å². The number of hydrogen-bond donors (Lipinski definition) is 2. The topological polar surface area (TPSA) is 58.2 Å². The maximum Gasteiger partial charge on any atom is 0.217 e. The lowest BCUT2D eigenvalue weighted by Crippen LogP contribution is -2.40. The van der Waals surface area contributed by atoms with Gasteiger partial charge < -0.3 is 10.6 Å². The first-order chi connectivity index (χ1) is 9.54. The Kier molecular flexibility index (Phi) is 5.44. The van der Waals surface area contributed by atoms with E-state index in [4.69, 9.17) is 0 Å². The third-order valence-corrected chi connectivity index (χ3v) is 5.03. The maximum atomic E-state index is 11.1. The highest BCUT2D eigenvalue weighted by Gasteiger charge is 2.31. The van der Waals surface area contributed by atoms with Gasteiger partial charge in [-0.2, -0.15) is 0 Å². The molecule has 0 saturated heterocycles. The molecule has 0 aromatic rings. The Morgan fingerprint density at radius 3 is 1.20 bits per heavy atom. The van der Waals surface area contributed by atoms with Crippen LogP contribution in [0.3, 0.4) is 0 Å². The lowest BCUT2D eigenvalue weighted by atomic mass is 9.71. The Morgan fingerprint density at radius 1 is 0.650 bits per heavy atom. The van der Waals surface area contributed by atoms with Gasteiger partial charge in [-0.1, -0.05) is 0 Å². The highest BCUT2D eigenvalue weighted by atomic mass is 16.2. The molecule has 0 aromatic heterocycles. The molecule has 0 radical (unpaired) electrons. The number of amides is 2. The summed E-state index contributed by atoms with van der Waals surface area (Å²) in [4.78, 5) is 22.1. The van der Waals surface area contributed by atoms with E-state index >= 15 is 0 Å². The first kappa shape index (κ1) is 15.3. The average molecular weight is 280 g/mol. The largest absolute Gasteiger partial charge is 0.354 e. The van der Waals surface area contributed by atoms with Gasteiger partial charge in [-0.3, -0.25) is 9.59 Å². The third kappa shape index (κ3) is 4.50. The van der Waals surface area contributed by atoms with Crippen LogP contribution in [0, 0.1) is 11.8 Å². The summed E-state index contributed by atoms with van der Waals surface area (Å²) in [6.45, 7) is 3.21. The van der Waals surface area contributed by atoms with Gasteiger partial charge in [0.1, 0.15) is 0 Å². The first-order valence-electron chi connectivity index (χ1n) is 8.08. The molecule has 2 amide bonds. The molecule has 0 aliphatic heterocycles. The van der Waals surface area contributed by atoms with E-state index in [-0.39, 0.29) is 11.8 Å². The summed E-state index contributed by atoms with van der Waals surface area (Å²) in [5.74, 6) is 1.87. The highest BCUT2D eigenvalue weighted by Crippen LogP contribution is 2.38. The highest BCUT2D eigenvalue weighted by molar-refractivity contribution is 5.73. The molecule has 2 rings (SSSR count). The fourth-order valence-electron chi connectivity index (χ4n) is 4.04. The van der Waals surface area contributed by atoms with Gasteiger partial charge in [0.2, 0.25) is 11.8 Å². The van der Waals surface area contributed by atoms with Crippen molar-refractivity contribution in [1.82, 2.24) is 10.6 Å². The Hall–Kier alpha value is -1.06. The zero-order chi connectivity index (χ0) is 14.5. The van der Waals surface area contributed by atoms with Crippen molar-refractivity contribution in [3.05, 3.63) is 0 Å². The molecular formula is C16H28N2O2. The molecule has 0 heterocycles. The van der Waals surface area contributed by atoms with Crippen LogP contribution in [0.4, 0.5) is 0 Å². The molecular weight excluding hydrogens is 252 g/mol. The number of carbonyl (C=O) groups is 2. The minimum atomic E-state index is 0.101. The minimum absolute atomic E-state index is 0.101. The molecule has 114 valence electrons. The van der Waals surface area contributed by atoms with Crippen LogP contribution in [0.1, 0.15) is 65.2 Å². The van der Waals surface area contributed by atoms with Gasteiger partial charge in [-0.25, -0.2) is 0 Å². The fourth-order valence-corrected chi connectivity index (χ4v) is 4.04. The van der Waals surface area contributed by atoms with E-state index in [1.165, 1.54) is 25.7 Å². The van der Waals surface area contributed by atoms with Crippen molar-refractivity contribution in [3.8, 4) is 0 Å². The molecule has 0 aromatic carbocycles. The van der Waals surface area contributed by atoms with E-state index < -0.39 is 0 Å².